The van der Waals surface area contributed by atoms with E-state index in [9.17, 15) is 21.6 Å². The van der Waals surface area contributed by atoms with Gasteiger partial charge in [0.2, 0.25) is 5.08 Å². The highest BCUT2D eigenvalue weighted by Crippen LogP contribution is 1.88. The molecule has 0 aliphatic carbocycles. The summed E-state index contributed by atoms with van der Waals surface area (Å²) < 4.78 is 54.2. The maximum atomic E-state index is 10.2. The summed E-state index contributed by atoms with van der Waals surface area (Å²) in [6, 6.07) is 1.52. The van der Waals surface area contributed by atoms with Crippen LogP contribution in [0, 0.1) is 0 Å². The quantitative estimate of drug-likeness (QED) is 0.450. The van der Waals surface area contributed by atoms with Crippen LogP contribution in [0.3, 0.4) is 0 Å². The van der Waals surface area contributed by atoms with Gasteiger partial charge >= 0.3 is 5.69 Å². The van der Waals surface area contributed by atoms with E-state index in [1.54, 1.807) is 0 Å². The van der Waals surface area contributed by atoms with Crippen LogP contribution in [-0.4, -0.2) is 41.0 Å². The number of nitrogen functional groups attached to an aromatic ring is 1. The van der Waals surface area contributed by atoms with Crippen molar-refractivity contribution >= 4 is 26.1 Å². The summed E-state index contributed by atoms with van der Waals surface area (Å²) in [6.07, 6.45) is 1.45. The van der Waals surface area contributed by atoms with Crippen molar-refractivity contribution in [2.75, 3.05) is 10.8 Å². The highest BCUT2D eigenvalue weighted by Gasteiger charge is 2.15. The summed E-state index contributed by atoms with van der Waals surface area (Å²) >= 11 is 0. The topological polar surface area (TPSA) is 181 Å². The zero-order chi connectivity index (χ0) is 13.7. The van der Waals surface area contributed by atoms with Gasteiger partial charge in [-0.15, -0.1) is 0 Å². The normalized spacial score (nSPS) is 11.4. The Morgan fingerprint density at radius 3 is 1.88 bits per heavy atom. The van der Waals surface area contributed by atoms with Crippen LogP contribution in [0.2, 0.25) is 0 Å². The van der Waals surface area contributed by atoms with Crippen molar-refractivity contribution in [2.24, 2.45) is 0 Å². The lowest BCUT2D eigenvalue weighted by Gasteiger charge is -1.89. The van der Waals surface area contributed by atoms with E-state index in [1.165, 1.54) is 12.3 Å². The summed E-state index contributed by atoms with van der Waals surface area (Å²) in [6.45, 7) is 0. The second kappa shape index (κ2) is 5.72. The predicted octanol–water partition coefficient (Wildman–Crippen LogP) is -1.93. The smallest absolute Gasteiger partial charge is 0.346 e. The molecule has 0 saturated carbocycles. The fraction of sp³-hybridized carbons (Fsp3) is 0.200. The van der Waals surface area contributed by atoms with Gasteiger partial charge in [0.1, 0.15) is 5.82 Å². The maximum Gasteiger partial charge on any atom is 0.346 e. The summed E-state index contributed by atoms with van der Waals surface area (Å²) in [5.41, 5.74) is 4.72. The Hall–Kier alpha value is -1.50. The van der Waals surface area contributed by atoms with E-state index in [1.807, 2.05) is 0 Å². The Bertz CT molecular complexity index is 587. The van der Waals surface area contributed by atoms with Crippen LogP contribution < -0.4 is 11.4 Å². The fourth-order valence-electron chi connectivity index (χ4n) is 0.573. The molecule has 0 fully saturated rings. The number of H-pyrrole nitrogens is 1. The molecule has 1 heterocycles. The summed E-state index contributed by atoms with van der Waals surface area (Å²) in [4.78, 5) is 15.9. The Balaban J connectivity index is 0.000000302. The lowest BCUT2D eigenvalue weighted by molar-refractivity contribution is 0.471. The van der Waals surface area contributed by atoms with Crippen molar-refractivity contribution < 1.29 is 25.9 Å². The molecule has 5 N–H and O–H groups in total. The van der Waals surface area contributed by atoms with Crippen LogP contribution in [0.1, 0.15) is 0 Å². The first-order chi connectivity index (χ1) is 7.49. The average molecular weight is 287 g/mol. The van der Waals surface area contributed by atoms with E-state index in [0.29, 0.717) is 0 Å². The van der Waals surface area contributed by atoms with Crippen molar-refractivity contribution in [1.82, 2.24) is 9.97 Å². The average Bonchev–Trinajstić information content (AvgIpc) is 1.96. The highest BCUT2D eigenvalue weighted by molar-refractivity contribution is 8.02. The van der Waals surface area contributed by atoms with Gasteiger partial charge in [-0.2, -0.15) is 21.8 Å². The molecule has 0 spiro atoms. The molecule has 0 aliphatic heterocycles. The maximum absolute atomic E-state index is 10.2. The Kier molecular flexibility index (Phi) is 5.21. The minimum Gasteiger partial charge on any atom is -0.383 e. The number of anilines is 1. The Morgan fingerprint density at radius 2 is 1.71 bits per heavy atom. The molecule has 1 aromatic heterocycles. The minimum atomic E-state index is -4.62. The monoisotopic (exact) mass is 287 g/mol. The Labute approximate surface area is 96.0 Å². The number of aromatic nitrogens is 2. The SMILES string of the molecule is Nc1cc[nH]c(=O)n1.O=S(=O)(O)CS(=O)(=O)O. The van der Waals surface area contributed by atoms with Gasteiger partial charge in [-0.1, -0.05) is 0 Å². The molecule has 0 atom stereocenters. The third kappa shape index (κ3) is 10.8. The molecule has 0 amide bonds. The minimum absolute atomic E-state index is 0.244. The van der Waals surface area contributed by atoms with Gasteiger partial charge < -0.3 is 10.7 Å². The standard InChI is InChI=1S/C4H5N3O.CH4O6S2/c5-3-1-2-6-4(8)7-3;2-8(3,4)1-9(5,6)7/h1-2H,(H3,5,6,7,8);1H2,(H,2,3,4)(H,5,6,7). The van der Waals surface area contributed by atoms with E-state index >= 15 is 0 Å². The van der Waals surface area contributed by atoms with Crippen LogP contribution in [0.15, 0.2) is 17.1 Å². The first kappa shape index (κ1) is 15.5. The summed E-state index contributed by atoms with van der Waals surface area (Å²) in [5, 5.41) is -1.65. The third-order valence-corrected chi connectivity index (χ3v) is 3.37. The molecule has 1 aromatic rings. The fourth-order valence-corrected chi connectivity index (χ4v) is 2.08. The third-order valence-electron chi connectivity index (χ3n) is 0.989. The van der Waals surface area contributed by atoms with Crippen molar-refractivity contribution in [3.63, 3.8) is 0 Å². The second-order valence-electron chi connectivity index (χ2n) is 2.60. The molecule has 12 heteroatoms. The number of nitrogens with zero attached hydrogens (tertiary/aromatic N) is 1. The van der Waals surface area contributed by atoms with Crippen LogP contribution in [0.5, 0.6) is 0 Å². The molecule has 0 radical (unpaired) electrons. The van der Waals surface area contributed by atoms with Gasteiger partial charge in [-0.3, -0.25) is 9.11 Å². The highest BCUT2D eigenvalue weighted by atomic mass is 32.3. The van der Waals surface area contributed by atoms with E-state index in [4.69, 9.17) is 14.8 Å². The van der Waals surface area contributed by atoms with Gasteiger partial charge in [0, 0.05) is 6.20 Å². The summed E-state index contributed by atoms with van der Waals surface area (Å²) in [5.74, 6) is 0.244. The molecule has 0 aliphatic rings. The molecule has 0 bridgehead atoms. The molecule has 0 saturated heterocycles. The number of hydrogen-bond acceptors (Lipinski definition) is 7. The zero-order valence-corrected chi connectivity index (χ0v) is 9.77. The van der Waals surface area contributed by atoms with Crippen molar-refractivity contribution in [2.45, 2.75) is 0 Å². The van der Waals surface area contributed by atoms with Crippen molar-refractivity contribution in [3.8, 4) is 0 Å². The van der Waals surface area contributed by atoms with Gasteiger partial charge in [0.05, 0.1) is 0 Å². The van der Waals surface area contributed by atoms with Gasteiger partial charge in [-0.05, 0) is 6.07 Å². The first-order valence-electron chi connectivity index (χ1n) is 3.71. The molecule has 0 aromatic carbocycles. The molecule has 0 unspecified atom stereocenters. The summed E-state index contributed by atoms with van der Waals surface area (Å²) in [7, 11) is -9.24. The van der Waals surface area contributed by atoms with Crippen LogP contribution in [0.4, 0.5) is 5.82 Å². The lowest BCUT2D eigenvalue weighted by atomic mass is 10.6. The van der Waals surface area contributed by atoms with Gasteiger partial charge in [0.25, 0.3) is 20.2 Å². The van der Waals surface area contributed by atoms with E-state index in [2.05, 4.69) is 9.97 Å². The number of nitrogens with two attached hydrogens (primary N) is 1. The largest absolute Gasteiger partial charge is 0.383 e. The van der Waals surface area contributed by atoms with E-state index in [-0.39, 0.29) is 5.82 Å². The molecular formula is C5H9N3O7S2. The molecule has 17 heavy (non-hydrogen) atoms. The van der Waals surface area contributed by atoms with Crippen molar-refractivity contribution in [3.05, 3.63) is 22.7 Å². The van der Waals surface area contributed by atoms with Crippen LogP contribution in [0.25, 0.3) is 0 Å². The zero-order valence-electron chi connectivity index (χ0n) is 8.14. The second-order valence-corrected chi connectivity index (χ2v) is 5.87. The molecule has 10 nitrogen and oxygen atoms in total. The van der Waals surface area contributed by atoms with Crippen LogP contribution >= 0.6 is 0 Å². The predicted molar refractivity (Wildman–Crippen MR) is 57.2 cm³/mol. The van der Waals surface area contributed by atoms with E-state index < -0.39 is 31.0 Å². The molecule has 98 valence electrons. The number of nitrogens with one attached hydrogen (secondary N) is 1. The molecular weight excluding hydrogens is 278 g/mol. The number of rotatable bonds is 2. The number of hydrogen-bond donors (Lipinski definition) is 4. The van der Waals surface area contributed by atoms with Gasteiger partial charge in [-0.25, -0.2) is 4.79 Å². The van der Waals surface area contributed by atoms with E-state index in [0.717, 1.165) is 0 Å². The first-order valence-corrected chi connectivity index (χ1v) is 6.93. The number of aromatic amines is 1. The Morgan fingerprint density at radius 1 is 1.24 bits per heavy atom. The van der Waals surface area contributed by atoms with Crippen LogP contribution in [-0.2, 0) is 20.2 Å². The molecule has 1 rings (SSSR count). The van der Waals surface area contributed by atoms with Crippen molar-refractivity contribution in [1.29, 1.82) is 0 Å². The lowest BCUT2D eigenvalue weighted by Crippen LogP contribution is -2.13. The van der Waals surface area contributed by atoms with Gasteiger partial charge in [0.15, 0.2) is 0 Å².